The number of aryl methyl sites for hydroxylation is 2. The van der Waals surface area contributed by atoms with E-state index in [0.717, 1.165) is 46.8 Å². The van der Waals surface area contributed by atoms with E-state index in [9.17, 15) is 4.79 Å². The van der Waals surface area contributed by atoms with Gasteiger partial charge in [0.05, 0.1) is 11.5 Å². The third-order valence-electron chi connectivity index (χ3n) is 3.77. The highest BCUT2D eigenvalue weighted by molar-refractivity contribution is 7.99. The van der Waals surface area contributed by atoms with Gasteiger partial charge in [0, 0.05) is 23.6 Å². The number of nitriles is 1. The standard InChI is InChI=1S/C16H17N3OS2/c1-2-9-19-15(20)13-11-6-5-7-12(11)22-14(13)18-16(19)21-10-4-3-8-17/h2H,1,3-7,9-10H2. The van der Waals surface area contributed by atoms with E-state index in [0.29, 0.717) is 13.0 Å². The van der Waals surface area contributed by atoms with Gasteiger partial charge >= 0.3 is 0 Å². The van der Waals surface area contributed by atoms with Gasteiger partial charge in [0.2, 0.25) is 0 Å². The molecule has 1 aliphatic carbocycles. The van der Waals surface area contributed by atoms with Crippen molar-refractivity contribution >= 4 is 33.3 Å². The number of unbranched alkanes of at least 4 members (excludes halogenated alkanes) is 1. The van der Waals surface area contributed by atoms with Gasteiger partial charge in [-0.15, -0.1) is 17.9 Å². The maximum Gasteiger partial charge on any atom is 0.263 e. The molecule has 0 unspecified atom stereocenters. The SMILES string of the molecule is C=CCn1c(SCCCC#N)nc2sc3c(c2c1=O)CCC3. The lowest BCUT2D eigenvalue weighted by atomic mass is 10.2. The normalized spacial score (nSPS) is 13.2. The molecule has 0 N–H and O–H groups in total. The van der Waals surface area contributed by atoms with Crippen LogP contribution < -0.4 is 5.56 Å². The van der Waals surface area contributed by atoms with Crippen LogP contribution in [0.2, 0.25) is 0 Å². The van der Waals surface area contributed by atoms with Gasteiger partial charge in [0.15, 0.2) is 5.16 Å². The van der Waals surface area contributed by atoms with Gasteiger partial charge in [-0.3, -0.25) is 9.36 Å². The Hall–Kier alpha value is -1.58. The van der Waals surface area contributed by atoms with E-state index in [1.807, 2.05) is 0 Å². The van der Waals surface area contributed by atoms with Gasteiger partial charge in [-0.1, -0.05) is 17.8 Å². The third kappa shape index (κ3) is 2.71. The average molecular weight is 331 g/mol. The van der Waals surface area contributed by atoms with E-state index < -0.39 is 0 Å². The lowest BCUT2D eigenvalue weighted by Crippen LogP contribution is -2.23. The monoisotopic (exact) mass is 331 g/mol. The second-order valence-corrected chi connectivity index (χ2v) is 7.39. The molecule has 0 aliphatic heterocycles. The Kier molecular flexibility index (Phi) is 4.65. The quantitative estimate of drug-likeness (QED) is 0.352. The fourth-order valence-corrected chi connectivity index (χ4v) is 5.02. The molecule has 0 radical (unpaired) electrons. The van der Waals surface area contributed by atoms with E-state index in [-0.39, 0.29) is 5.56 Å². The van der Waals surface area contributed by atoms with Crippen LogP contribution in [-0.2, 0) is 19.4 Å². The largest absolute Gasteiger partial charge is 0.283 e. The molecule has 4 nitrogen and oxygen atoms in total. The Balaban J connectivity index is 2.03. The highest BCUT2D eigenvalue weighted by Crippen LogP contribution is 2.35. The van der Waals surface area contributed by atoms with Crippen molar-refractivity contribution in [3.63, 3.8) is 0 Å². The Morgan fingerprint density at radius 1 is 1.50 bits per heavy atom. The number of nitrogens with zero attached hydrogens (tertiary/aromatic N) is 3. The van der Waals surface area contributed by atoms with Crippen molar-refractivity contribution in [2.75, 3.05) is 5.75 Å². The summed E-state index contributed by atoms with van der Waals surface area (Å²) in [6.45, 7) is 4.23. The first kappa shape index (κ1) is 15.3. The highest BCUT2D eigenvalue weighted by atomic mass is 32.2. The van der Waals surface area contributed by atoms with Gasteiger partial charge in [-0.2, -0.15) is 5.26 Å². The van der Waals surface area contributed by atoms with Crippen LogP contribution in [-0.4, -0.2) is 15.3 Å². The van der Waals surface area contributed by atoms with Crippen molar-refractivity contribution in [1.82, 2.24) is 9.55 Å². The molecule has 1 aliphatic rings. The molecule has 6 heteroatoms. The zero-order valence-electron chi connectivity index (χ0n) is 12.3. The molecule has 0 amide bonds. The summed E-state index contributed by atoms with van der Waals surface area (Å²) in [5, 5.41) is 10.2. The molecule has 0 spiro atoms. The summed E-state index contributed by atoms with van der Waals surface area (Å²) in [5.74, 6) is 0.799. The number of fused-ring (bicyclic) bond motifs is 3. The summed E-state index contributed by atoms with van der Waals surface area (Å²) in [7, 11) is 0. The smallest absolute Gasteiger partial charge is 0.263 e. The van der Waals surface area contributed by atoms with Gasteiger partial charge in [0.1, 0.15) is 4.83 Å². The molecule has 0 fully saturated rings. The van der Waals surface area contributed by atoms with Crippen molar-refractivity contribution in [2.24, 2.45) is 0 Å². The average Bonchev–Trinajstić information content (AvgIpc) is 3.07. The Morgan fingerprint density at radius 2 is 2.36 bits per heavy atom. The summed E-state index contributed by atoms with van der Waals surface area (Å²) >= 11 is 3.23. The summed E-state index contributed by atoms with van der Waals surface area (Å²) in [4.78, 5) is 19.8. The van der Waals surface area contributed by atoms with Crippen molar-refractivity contribution in [3.8, 4) is 6.07 Å². The zero-order chi connectivity index (χ0) is 15.5. The van der Waals surface area contributed by atoms with Crippen molar-refractivity contribution in [3.05, 3.63) is 33.4 Å². The van der Waals surface area contributed by atoms with Gasteiger partial charge < -0.3 is 0 Å². The summed E-state index contributed by atoms with van der Waals surface area (Å²) < 4.78 is 1.72. The number of aromatic nitrogens is 2. The van der Waals surface area contributed by atoms with Crippen LogP contribution in [0.3, 0.4) is 0 Å². The van der Waals surface area contributed by atoms with Crippen molar-refractivity contribution < 1.29 is 0 Å². The second-order valence-electron chi connectivity index (χ2n) is 5.25. The summed E-state index contributed by atoms with van der Waals surface area (Å²) in [5.41, 5.74) is 1.28. The Labute approximate surface area is 137 Å². The molecule has 0 saturated heterocycles. The molecule has 0 aromatic carbocycles. The number of thioether (sulfide) groups is 1. The van der Waals surface area contributed by atoms with Crippen LogP contribution in [0, 0.1) is 11.3 Å². The Morgan fingerprint density at radius 3 is 3.14 bits per heavy atom. The van der Waals surface area contributed by atoms with Crippen LogP contribution in [0.5, 0.6) is 0 Å². The summed E-state index contributed by atoms with van der Waals surface area (Å²) in [6.07, 6.45) is 6.29. The van der Waals surface area contributed by atoms with E-state index in [1.165, 1.54) is 10.4 Å². The zero-order valence-corrected chi connectivity index (χ0v) is 13.9. The van der Waals surface area contributed by atoms with Crippen molar-refractivity contribution in [1.29, 1.82) is 5.26 Å². The van der Waals surface area contributed by atoms with Crippen LogP contribution in [0.25, 0.3) is 10.2 Å². The van der Waals surface area contributed by atoms with E-state index in [4.69, 9.17) is 10.2 Å². The molecule has 3 rings (SSSR count). The minimum atomic E-state index is 0.0621. The molecule has 2 aromatic heterocycles. The minimum absolute atomic E-state index is 0.0621. The molecule has 0 bridgehead atoms. The summed E-state index contributed by atoms with van der Waals surface area (Å²) in [6, 6.07) is 2.14. The molecule has 22 heavy (non-hydrogen) atoms. The number of hydrogen-bond donors (Lipinski definition) is 0. The lowest BCUT2D eigenvalue weighted by Gasteiger charge is -2.10. The molecule has 114 valence electrons. The molecule has 2 aromatic rings. The first-order valence-electron chi connectivity index (χ1n) is 7.42. The Bertz CT molecular complexity index is 813. The predicted octanol–water partition coefficient (Wildman–Crippen LogP) is 3.53. The number of allylic oxidation sites excluding steroid dienone is 1. The minimum Gasteiger partial charge on any atom is -0.283 e. The maximum atomic E-state index is 12.9. The van der Waals surface area contributed by atoms with E-state index in [2.05, 4.69) is 12.6 Å². The molecule has 0 atom stereocenters. The number of rotatable bonds is 6. The van der Waals surface area contributed by atoms with Crippen LogP contribution in [0.1, 0.15) is 29.7 Å². The lowest BCUT2D eigenvalue weighted by molar-refractivity contribution is 0.671. The van der Waals surface area contributed by atoms with E-state index in [1.54, 1.807) is 33.7 Å². The maximum absolute atomic E-state index is 12.9. The van der Waals surface area contributed by atoms with Crippen LogP contribution in [0.4, 0.5) is 0 Å². The number of hydrogen-bond acceptors (Lipinski definition) is 5. The van der Waals surface area contributed by atoms with E-state index >= 15 is 0 Å². The van der Waals surface area contributed by atoms with Crippen molar-refractivity contribution in [2.45, 2.75) is 43.8 Å². The van der Waals surface area contributed by atoms with Crippen LogP contribution in [0.15, 0.2) is 22.6 Å². The first-order chi connectivity index (χ1) is 10.8. The molecule has 2 heterocycles. The molecular formula is C16H17N3OS2. The van der Waals surface area contributed by atoms with Crippen LogP contribution >= 0.6 is 23.1 Å². The first-order valence-corrected chi connectivity index (χ1v) is 9.22. The second kappa shape index (κ2) is 6.67. The molecular weight excluding hydrogens is 314 g/mol. The highest BCUT2D eigenvalue weighted by Gasteiger charge is 2.22. The molecule has 0 saturated carbocycles. The topological polar surface area (TPSA) is 58.7 Å². The predicted molar refractivity (Wildman–Crippen MR) is 91.7 cm³/mol. The third-order valence-corrected chi connectivity index (χ3v) is 6.01. The van der Waals surface area contributed by atoms with Gasteiger partial charge in [0.25, 0.3) is 5.56 Å². The fraction of sp³-hybridized carbons (Fsp3) is 0.438. The number of thiophene rings is 1. The fourth-order valence-electron chi connectivity index (χ4n) is 2.77. The van der Waals surface area contributed by atoms with Gasteiger partial charge in [-0.25, -0.2) is 4.98 Å². The van der Waals surface area contributed by atoms with Gasteiger partial charge in [-0.05, 0) is 31.2 Å².